The minimum absolute atomic E-state index is 0.192. The molecular formula is C15H14N4OS. The van der Waals surface area contributed by atoms with Crippen molar-refractivity contribution in [3.8, 4) is 0 Å². The number of benzene rings is 2. The summed E-state index contributed by atoms with van der Waals surface area (Å²) < 4.78 is 0. The zero-order valence-corrected chi connectivity index (χ0v) is 12.2. The molecule has 0 bridgehead atoms. The number of rotatable bonds is 3. The van der Waals surface area contributed by atoms with Crippen molar-refractivity contribution in [2.75, 3.05) is 17.3 Å². The van der Waals surface area contributed by atoms with Crippen LogP contribution < -0.4 is 16.6 Å². The van der Waals surface area contributed by atoms with Crippen LogP contribution in [0.3, 0.4) is 0 Å². The second-order valence-electron chi connectivity index (χ2n) is 4.51. The number of thioether (sulfide) groups is 1. The molecule has 3 aromatic rings. The van der Waals surface area contributed by atoms with E-state index >= 15 is 0 Å². The van der Waals surface area contributed by atoms with Crippen molar-refractivity contribution in [1.29, 1.82) is 0 Å². The molecule has 0 fully saturated rings. The molecule has 0 atom stereocenters. The number of hydrogen-bond acceptors (Lipinski definition) is 5. The first-order valence-corrected chi connectivity index (χ1v) is 7.58. The van der Waals surface area contributed by atoms with Gasteiger partial charge in [0.2, 0.25) is 0 Å². The molecule has 2 aromatic carbocycles. The number of nitrogens with one attached hydrogen (secondary N) is 2. The minimum atomic E-state index is -0.192. The van der Waals surface area contributed by atoms with E-state index in [-0.39, 0.29) is 5.56 Å². The summed E-state index contributed by atoms with van der Waals surface area (Å²) in [5.41, 5.74) is 8.68. The predicted octanol–water partition coefficient (Wildman–Crippen LogP) is 2.97. The first-order chi connectivity index (χ1) is 10.2. The highest BCUT2D eigenvalue weighted by Gasteiger charge is 2.08. The molecule has 6 heteroatoms. The van der Waals surface area contributed by atoms with Gasteiger partial charge in [-0.15, -0.1) is 11.8 Å². The van der Waals surface area contributed by atoms with E-state index in [2.05, 4.69) is 15.3 Å². The van der Waals surface area contributed by atoms with Gasteiger partial charge >= 0.3 is 0 Å². The third-order valence-electron chi connectivity index (χ3n) is 3.19. The lowest BCUT2D eigenvalue weighted by Gasteiger charge is -2.13. The second-order valence-corrected chi connectivity index (χ2v) is 5.36. The normalized spacial score (nSPS) is 10.7. The van der Waals surface area contributed by atoms with Crippen LogP contribution in [0.4, 0.5) is 17.1 Å². The van der Waals surface area contributed by atoms with Crippen molar-refractivity contribution in [3.63, 3.8) is 0 Å². The van der Waals surface area contributed by atoms with Crippen LogP contribution in [0.15, 0.2) is 52.4 Å². The van der Waals surface area contributed by atoms with Gasteiger partial charge in [0.25, 0.3) is 5.56 Å². The predicted molar refractivity (Wildman–Crippen MR) is 88.3 cm³/mol. The fourth-order valence-electron chi connectivity index (χ4n) is 2.13. The van der Waals surface area contributed by atoms with E-state index < -0.39 is 0 Å². The van der Waals surface area contributed by atoms with Gasteiger partial charge in [-0.2, -0.15) is 0 Å². The molecule has 0 radical (unpaired) electrons. The molecule has 4 N–H and O–H groups in total. The zero-order valence-electron chi connectivity index (χ0n) is 11.4. The standard InChI is InChI=1S/C15H14N4OS/c1-21-14-5-3-2-4-11(14)19-13-7-12-9(6-10(13)16)15(20)18-8-17-12/h2-8,19H,16H2,1H3,(H,17,18,20). The van der Waals surface area contributed by atoms with Gasteiger partial charge in [-0.05, 0) is 30.5 Å². The van der Waals surface area contributed by atoms with Crippen LogP contribution in [0.1, 0.15) is 0 Å². The van der Waals surface area contributed by atoms with E-state index in [9.17, 15) is 4.79 Å². The van der Waals surface area contributed by atoms with E-state index in [1.54, 1.807) is 23.9 Å². The molecule has 0 saturated heterocycles. The highest BCUT2D eigenvalue weighted by molar-refractivity contribution is 7.98. The number of fused-ring (bicyclic) bond motifs is 1. The van der Waals surface area contributed by atoms with E-state index in [0.29, 0.717) is 16.6 Å². The molecule has 0 spiro atoms. The molecule has 0 unspecified atom stereocenters. The zero-order chi connectivity index (χ0) is 14.8. The van der Waals surface area contributed by atoms with Gasteiger partial charge in [-0.25, -0.2) is 4.98 Å². The fraction of sp³-hybridized carbons (Fsp3) is 0.0667. The number of H-pyrrole nitrogens is 1. The molecule has 0 saturated carbocycles. The van der Waals surface area contributed by atoms with Crippen molar-refractivity contribution >= 4 is 39.7 Å². The Morgan fingerprint density at radius 2 is 2.05 bits per heavy atom. The molecule has 0 aliphatic carbocycles. The molecule has 5 nitrogen and oxygen atoms in total. The molecule has 0 aliphatic rings. The van der Waals surface area contributed by atoms with Gasteiger partial charge in [-0.1, -0.05) is 12.1 Å². The number of anilines is 3. The van der Waals surface area contributed by atoms with Crippen LogP contribution >= 0.6 is 11.8 Å². The Morgan fingerprint density at radius 3 is 2.86 bits per heavy atom. The molecular weight excluding hydrogens is 284 g/mol. The van der Waals surface area contributed by atoms with Crippen LogP contribution in [0.5, 0.6) is 0 Å². The lowest BCUT2D eigenvalue weighted by molar-refractivity contribution is 1.17. The number of hydrogen-bond donors (Lipinski definition) is 3. The molecule has 0 amide bonds. The maximum absolute atomic E-state index is 11.7. The summed E-state index contributed by atoms with van der Waals surface area (Å²) in [6, 6.07) is 11.4. The molecule has 21 heavy (non-hydrogen) atoms. The van der Waals surface area contributed by atoms with Gasteiger partial charge in [0.15, 0.2) is 0 Å². The monoisotopic (exact) mass is 298 g/mol. The first-order valence-electron chi connectivity index (χ1n) is 6.36. The molecule has 3 rings (SSSR count). The Labute approximate surface area is 125 Å². The maximum Gasteiger partial charge on any atom is 0.258 e. The summed E-state index contributed by atoms with van der Waals surface area (Å²) in [5, 5.41) is 3.79. The SMILES string of the molecule is CSc1ccccc1Nc1cc2nc[nH]c(=O)c2cc1N. The average molecular weight is 298 g/mol. The maximum atomic E-state index is 11.7. The topological polar surface area (TPSA) is 83.8 Å². The summed E-state index contributed by atoms with van der Waals surface area (Å²) >= 11 is 1.65. The quantitative estimate of drug-likeness (QED) is 0.511. The number of nitrogens with zero attached hydrogens (tertiary/aromatic N) is 1. The summed E-state index contributed by atoms with van der Waals surface area (Å²) in [5.74, 6) is 0. The van der Waals surface area contributed by atoms with E-state index in [4.69, 9.17) is 5.73 Å². The van der Waals surface area contributed by atoms with Crippen molar-refractivity contribution < 1.29 is 0 Å². The van der Waals surface area contributed by atoms with Gasteiger partial charge < -0.3 is 16.0 Å². The number of aromatic amines is 1. The van der Waals surface area contributed by atoms with Crippen LogP contribution in [0.25, 0.3) is 10.9 Å². The number of nitrogen functional groups attached to an aromatic ring is 1. The second kappa shape index (κ2) is 5.49. The summed E-state index contributed by atoms with van der Waals surface area (Å²) in [7, 11) is 0. The first kappa shape index (κ1) is 13.5. The molecule has 1 aromatic heterocycles. The number of aromatic nitrogens is 2. The van der Waals surface area contributed by atoms with Crippen molar-refractivity contribution in [2.45, 2.75) is 4.90 Å². The Bertz CT molecular complexity index is 860. The van der Waals surface area contributed by atoms with Crippen LogP contribution in [-0.4, -0.2) is 16.2 Å². The highest BCUT2D eigenvalue weighted by atomic mass is 32.2. The lowest BCUT2D eigenvalue weighted by Crippen LogP contribution is -2.07. The number of para-hydroxylation sites is 1. The molecule has 106 valence electrons. The van der Waals surface area contributed by atoms with Gasteiger partial charge in [0.05, 0.1) is 34.3 Å². The van der Waals surface area contributed by atoms with E-state index in [0.717, 1.165) is 16.3 Å². The minimum Gasteiger partial charge on any atom is -0.397 e. The Kier molecular flexibility index (Phi) is 3.53. The Balaban J connectivity index is 2.09. The smallest absolute Gasteiger partial charge is 0.258 e. The third kappa shape index (κ3) is 2.57. The van der Waals surface area contributed by atoms with Crippen LogP contribution in [0.2, 0.25) is 0 Å². The van der Waals surface area contributed by atoms with Crippen LogP contribution in [0, 0.1) is 0 Å². The Hall–Kier alpha value is -2.47. The third-order valence-corrected chi connectivity index (χ3v) is 3.98. The largest absolute Gasteiger partial charge is 0.397 e. The van der Waals surface area contributed by atoms with Crippen molar-refractivity contribution in [3.05, 3.63) is 53.1 Å². The number of nitrogens with two attached hydrogens (primary N) is 1. The lowest BCUT2D eigenvalue weighted by atomic mass is 10.2. The molecule has 1 heterocycles. The van der Waals surface area contributed by atoms with Crippen molar-refractivity contribution in [1.82, 2.24) is 9.97 Å². The van der Waals surface area contributed by atoms with Crippen LogP contribution in [-0.2, 0) is 0 Å². The van der Waals surface area contributed by atoms with E-state index in [1.807, 2.05) is 30.5 Å². The highest BCUT2D eigenvalue weighted by Crippen LogP contribution is 2.31. The van der Waals surface area contributed by atoms with Gasteiger partial charge in [0.1, 0.15) is 0 Å². The van der Waals surface area contributed by atoms with Gasteiger partial charge in [-0.3, -0.25) is 4.79 Å². The average Bonchev–Trinajstić information content (AvgIpc) is 2.50. The summed E-state index contributed by atoms with van der Waals surface area (Å²) in [6.07, 6.45) is 3.41. The van der Waals surface area contributed by atoms with E-state index in [1.165, 1.54) is 6.33 Å². The molecule has 0 aliphatic heterocycles. The Morgan fingerprint density at radius 1 is 1.24 bits per heavy atom. The summed E-state index contributed by atoms with van der Waals surface area (Å²) in [4.78, 5) is 19.6. The van der Waals surface area contributed by atoms with Crippen molar-refractivity contribution in [2.24, 2.45) is 0 Å². The summed E-state index contributed by atoms with van der Waals surface area (Å²) in [6.45, 7) is 0. The van der Waals surface area contributed by atoms with Gasteiger partial charge in [0, 0.05) is 4.90 Å². The fourth-order valence-corrected chi connectivity index (χ4v) is 2.69.